The van der Waals surface area contributed by atoms with Gasteiger partial charge in [-0.15, -0.1) is 0 Å². The summed E-state index contributed by atoms with van der Waals surface area (Å²) in [7, 11) is 0. The normalized spacial score (nSPS) is 16.0. The van der Waals surface area contributed by atoms with Crippen molar-refractivity contribution in [1.82, 2.24) is 4.98 Å². The van der Waals surface area contributed by atoms with Crippen LogP contribution in [0.15, 0.2) is 42.7 Å². The Kier molecular flexibility index (Phi) is 2.48. The summed E-state index contributed by atoms with van der Waals surface area (Å²) in [6.45, 7) is 0. The Morgan fingerprint density at radius 3 is 2.94 bits per heavy atom. The monoisotopic (exact) mass is 223 g/mol. The van der Waals surface area contributed by atoms with E-state index in [4.69, 9.17) is 0 Å². The molecule has 1 heterocycles. The van der Waals surface area contributed by atoms with Crippen LogP contribution in [0.4, 0.5) is 0 Å². The first-order valence-electron chi connectivity index (χ1n) is 5.91. The zero-order valence-corrected chi connectivity index (χ0v) is 9.52. The van der Waals surface area contributed by atoms with Crippen molar-refractivity contribution < 1.29 is 4.79 Å². The van der Waals surface area contributed by atoms with Crippen LogP contribution in [0.25, 0.3) is 16.3 Å². The van der Waals surface area contributed by atoms with Gasteiger partial charge in [-0.2, -0.15) is 0 Å². The summed E-state index contributed by atoms with van der Waals surface area (Å²) < 4.78 is 0. The number of carbonyl (C=O) groups excluding carboxylic acids is 1. The molecule has 2 heteroatoms. The number of nitrogens with zero attached hydrogens (tertiary/aromatic N) is 1. The van der Waals surface area contributed by atoms with Gasteiger partial charge in [0.15, 0.2) is 5.78 Å². The van der Waals surface area contributed by atoms with Crippen LogP contribution < -0.4 is 0 Å². The number of rotatable bonds is 1. The van der Waals surface area contributed by atoms with E-state index in [1.165, 1.54) is 10.9 Å². The van der Waals surface area contributed by atoms with Crippen LogP contribution in [0.1, 0.15) is 24.8 Å². The quantitative estimate of drug-likeness (QED) is 0.741. The number of aromatic nitrogens is 1. The SMILES string of the molecule is O=C1C=C(c2cccc3cnccc23)CCC1. The van der Waals surface area contributed by atoms with E-state index >= 15 is 0 Å². The molecule has 17 heavy (non-hydrogen) atoms. The molecule has 0 aliphatic heterocycles. The fourth-order valence-corrected chi connectivity index (χ4v) is 2.41. The van der Waals surface area contributed by atoms with E-state index in [9.17, 15) is 4.79 Å². The molecular weight excluding hydrogens is 210 g/mol. The third-order valence-corrected chi connectivity index (χ3v) is 3.23. The number of pyridine rings is 1. The zero-order valence-electron chi connectivity index (χ0n) is 9.52. The maximum absolute atomic E-state index is 11.5. The molecule has 0 unspecified atom stereocenters. The zero-order chi connectivity index (χ0) is 11.7. The van der Waals surface area contributed by atoms with Crippen molar-refractivity contribution in [1.29, 1.82) is 0 Å². The van der Waals surface area contributed by atoms with Gasteiger partial charge in [0, 0.05) is 24.2 Å². The van der Waals surface area contributed by atoms with Gasteiger partial charge in [0.2, 0.25) is 0 Å². The predicted octanol–water partition coefficient (Wildman–Crippen LogP) is 3.37. The van der Waals surface area contributed by atoms with Crippen molar-refractivity contribution in [2.24, 2.45) is 0 Å². The molecule has 0 saturated carbocycles. The van der Waals surface area contributed by atoms with Gasteiger partial charge in [0.05, 0.1) is 0 Å². The van der Waals surface area contributed by atoms with Gasteiger partial charge in [-0.05, 0) is 41.5 Å². The van der Waals surface area contributed by atoms with E-state index < -0.39 is 0 Å². The molecule has 2 aromatic rings. The van der Waals surface area contributed by atoms with E-state index in [1.807, 2.05) is 18.3 Å². The van der Waals surface area contributed by atoms with Crippen molar-refractivity contribution >= 4 is 22.1 Å². The third kappa shape index (κ3) is 1.86. The third-order valence-electron chi connectivity index (χ3n) is 3.23. The molecule has 0 fully saturated rings. The van der Waals surface area contributed by atoms with Crippen LogP contribution in [0.5, 0.6) is 0 Å². The van der Waals surface area contributed by atoms with Crippen LogP contribution in [-0.4, -0.2) is 10.8 Å². The summed E-state index contributed by atoms with van der Waals surface area (Å²) in [6, 6.07) is 8.19. The number of carbonyl (C=O) groups is 1. The highest BCUT2D eigenvalue weighted by molar-refractivity contribution is 6.02. The first-order valence-corrected chi connectivity index (χ1v) is 5.91. The van der Waals surface area contributed by atoms with Crippen molar-refractivity contribution in [3.63, 3.8) is 0 Å². The maximum atomic E-state index is 11.5. The standard InChI is InChI=1S/C15H13NO/c17-13-5-1-3-11(9-13)14-6-2-4-12-10-16-8-7-15(12)14/h2,4,6-10H,1,3,5H2. The molecule has 0 spiro atoms. The van der Waals surface area contributed by atoms with Gasteiger partial charge in [-0.25, -0.2) is 0 Å². The van der Waals surface area contributed by atoms with E-state index in [2.05, 4.69) is 17.1 Å². The van der Waals surface area contributed by atoms with Gasteiger partial charge < -0.3 is 0 Å². The molecule has 84 valence electrons. The van der Waals surface area contributed by atoms with Crippen molar-refractivity contribution in [3.05, 3.63) is 48.3 Å². The number of allylic oxidation sites excluding steroid dienone is 2. The Hall–Kier alpha value is -1.96. The molecule has 3 rings (SSSR count). The number of fused-ring (bicyclic) bond motifs is 1. The average Bonchev–Trinajstić information content (AvgIpc) is 2.38. The van der Waals surface area contributed by atoms with Gasteiger partial charge in [0.25, 0.3) is 0 Å². The summed E-state index contributed by atoms with van der Waals surface area (Å²) >= 11 is 0. The Morgan fingerprint density at radius 2 is 2.06 bits per heavy atom. The number of hydrogen-bond donors (Lipinski definition) is 0. The van der Waals surface area contributed by atoms with Crippen LogP contribution in [-0.2, 0) is 4.79 Å². The molecule has 2 nitrogen and oxygen atoms in total. The van der Waals surface area contributed by atoms with Crippen LogP contribution in [0, 0.1) is 0 Å². The van der Waals surface area contributed by atoms with E-state index in [1.54, 1.807) is 12.3 Å². The highest BCUT2D eigenvalue weighted by atomic mass is 16.1. The van der Waals surface area contributed by atoms with Crippen molar-refractivity contribution in [2.45, 2.75) is 19.3 Å². The highest BCUT2D eigenvalue weighted by Gasteiger charge is 2.13. The van der Waals surface area contributed by atoms with Crippen LogP contribution >= 0.6 is 0 Å². The number of hydrogen-bond acceptors (Lipinski definition) is 2. The smallest absolute Gasteiger partial charge is 0.155 e. The van der Waals surface area contributed by atoms with Crippen LogP contribution in [0.3, 0.4) is 0 Å². The predicted molar refractivity (Wildman–Crippen MR) is 68.6 cm³/mol. The summed E-state index contributed by atoms with van der Waals surface area (Å²) in [4.78, 5) is 15.6. The van der Waals surface area contributed by atoms with Gasteiger partial charge in [-0.3, -0.25) is 9.78 Å². The Balaban J connectivity index is 2.20. The van der Waals surface area contributed by atoms with Crippen molar-refractivity contribution in [2.75, 3.05) is 0 Å². The van der Waals surface area contributed by atoms with E-state index in [-0.39, 0.29) is 5.78 Å². The first kappa shape index (κ1) is 10.2. The molecule has 0 N–H and O–H groups in total. The molecule has 0 bridgehead atoms. The lowest BCUT2D eigenvalue weighted by Gasteiger charge is -2.14. The average molecular weight is 223 g/mol. The largest absolute Gasteiger partial charge is 0.295 e. The van der Waals surface area contributed by atoms with Gasteiger partial charge in [0.1, 0.15) is 0 Å². The Labute approximate surface area is 100.0 Å². The molecule has 1 aliphatic rings. The van der Waals surface area contributed by atoms with E-state index in [0.29, 0.717) is 6.42 Å². The second-order valence-corrected chi connectivity index (χ2v) is 4.39. The fourth-order valence-electron chi connectivity index (χ4n) is 2.41. The fraction of sp³-hybridized carbons (Fsp3) is 0.200. The molecule has 0 saturated heterocycles. The van der Waals surface area contributed by atoms with Gasteiger partial charge in [-0.1, -0.05) is 18.2 Å². The minimum absolute atomic E-state index is 0.248. The topological polar surface area (TPSA) is 30.0 Å². The molecule has 1 aromatic carbocycles. The number of ketones is 1. The van der Waals surface area contributed by atoms with Crippen LogP contribution in [0.2, 0.25) is 0 Å². The second-order valence-electron chi connectivity index (χ2n) is 4.39. The molecule has 0 radical (unpaired) electrons. The molecular formula is C15H13NO. The Morgan fingerprint density at radius 1 is 1.12 bits per heavy atom. The second kappa shape index (κ2) is 4.13. The maximum Gasteiger partial charge on any atom is 0.155 e. The molecule has 0 amide bonds. The summed E-state index contributed by atoms with van der Waals surface area (Å²) in [6.07, 6.45) is 8.12. The lowest BCUT2D eigenvalue weighted by molar-refractivity contribution is -0.114. The first-order chi connectivity index (χ1) is 8.34. The Bertz CT molecular complexity index is 608. The molecule has 0 atom stereocenters. The number of benzene rings is 1. The molecule has 1 aliphatic carbocycles. The van der Waals surface area contributed by atoms with Gasteiger partial charge >= 0.3 is 0 Å². The minimum Gasteiger partial charge on any atom is -0.295 e. The van der Waals surface area contributed by atoms with E-state index in [0.717, 1.165) is 23.8 Å². The van der Waals surface area contributed by atoms with Crippen molar-refractivity contribution in [3.8, 4) is 0 Å². The summed E-state index contributed by atoms with van der Waals surface area (Å²) in [5, 5.41) is 2.31. The minimum atomic E-state index is 0.248. The lowest BCUT2D eigenvalue weighted by atomic mass is 9.90. The summed E-state index contributed by atoms with van der Waals surface area (Å²) in [5.41, 5.74) is 2.34. The highest BCUT2D eigenvalue weighted by Crippen LogP contribution is 2.30. The molecule has 1 aromatic heterocycles. The summed E-state index contributed by atoms with van der Waals surface area (Å²) in [5.74, 6) is 0.248. The lowest BCUT2D eigenvalue weighted by Crippen LogP contribution is -2.02.